The van der Waals surface area contributed by atoms with E-state index in [-0.39, 0.29) is 0 Å². The van der Waals surface area contributed by atoms with Gasteiger partial charge in [-0.05, 0) is 108 Å². The van der Waals surface area contributed by atoms with Crippen molar-refractivity contribution in [2.75, 3.05) is 0 Å². The molecule has 0 amide bonds. The van der Waals surface area contributed by atoms with Crippen LogP contribution in [0.3, 0.4) is 0 Å². The molecule has 10 aromatic rings. The van der Waals surface area contributed by atoms with E-state index in [0.29, 0.717) is 0 Å². The van der Waals surface area contributed by atoms with Crippen molar-refractivity contribution >= 4 is 54.3 Å². The van der Waals surface area contributed by atoms with Crippen LogP contribution in [0.15, 0.2) is 168 Å². The SMILES string of the molecule is c1ccc(-c2ccc3oc4ccc(-c5cccc(-c6ccc7ccc8c(-c9cccnc9)ccc9ccc6c7c98)c5)cc4c3c2)cc1. The molecule has 0 aliphatic carbocycles. The maximum absolute atomic E-state index is 6.26. The van der Waals surface area contributed by atoms with Crippen molar-refractivity contribution in [1.29, 1.82) is 0 Å². The monoisotopic (exact) mass is 597 g/mol. The number of pyridine rings is 1. The third kappa shape index (κ3) is 4.09. The van der Waals surface area contributed by atoms with Crippen molar-refractivity contribution in [2.45, 2.75) is 0 Å². The largest absolute Gasteiger partial charge is 0.456 e. The summed E-state index contributed by atoms with van der Waals surface area (Å²) in [7, 11) is 0. The van der Waals surface area contributed by atoms with Crippen LogP contribution in [0.4, 0.5) is 0 Å². The van der Waals surface area contributed by atoms with Crippen molar-refractivity contribution in [2.24, 2.45) is 0 Å². The summed E-state index contributed by atoms with van der Waals surface area (Å²) in [6.45, 7) is 0. The molecule has 2 nitrogen and oxygen atoms in total. The van der Waals surface area contributed by atoms with Gasteiger partial charge in [0.15, 0.2) is 0 Å². The molecular weight excluding hydrogens is 571 g/mol. The molecule has 10 rings (SSSR count). The molecule has 0 aliphatic heterocycles. The Bertz CT molecular complexity index is 2780. The summed E-state index contributed by atoms with van der Waals surface area (Å²) in [5, 5.41) is 9.94. The number of benzene rings is 8. The zero-order chi connectivity index (χ0) is 30.9. The summed E-state index contributed by atoms with van der Waals surface area (Å²) in [6.07, 6.45) is 3.78. The minimum absolute atomic E-state index is 0.905. The van der Waals surface area contributed by atoms with Crippen LogP contribution >= 0.6 is 0 Å². The second kappa shape index (κ2) is 10.1. The van der Waals surface area contributed by atoms with Crippen LogP contribution in [0.5, 0.6) is 0 Å². The van der Waals surface area contributed by atoms with Gasteiger partial charge in [-0.2, -0.15) is 0 Å². The highest BCUT2D eigenvalue weighted by Crippen LogP contribution is 2.43. The normalized spacial score (nSPS) is 11.8. The third-order valence-corrected chi connectivity index (χ3v) is 9.72. The molecule has 0 atom stereocenters. The summed E-state index contributed by atoms with van der Waals surface area (Å²) in [4.78, 5) is 4.40. The van der Waals surface area contributed by atoms with Crippen LogP contribution in [0.1, 0.15) is 0 Å². The Morgan fingerprint density at radius 2 is 0.915 bits per heavy atom. The van der Waals surface area contributed by atoms with Gasteiger partial charge < -0.3 is 4.42 Å². The van der Waals surface area contributed by atoms with Crippen molar-refractivity contribution in [1.82, 2.24) is 4.98 Å². The van der Waals surface area contributed by atoms with Gasteiger partial charge in [-0.3, -0.25) is 4.98 Å². The number of hydrogen-bond acceptors (Lipinski definition) is 2. The smallest absolute Gasteiger partial charge is 0.135 e. The second-order valence-electron chi connectivity index (χ2n) is 12.4. The van der Waals surface area contributed by atoms with E-state index in [1.165, 1.54) is 71.3 Å². The first-order valence-electron chi connectivity index (χ1n) is 16.0. The molecule has 0 N–H and O–H groups in total. The fraction of sp³-hybridized carbons (Fsp3) is 0. The van der Waals surface area contributed by atoms with Crippen LogP contribution in [-0.4, -0.2) is 4.98 Å². The predicted molar refractivity (Wildman–Crippen MR) is 197 cm³/mol. The molecule has 2 heterocycles. The standard InChI is InChI=1S/C45H27NO/c1-2-6-28(7-3-1)32-15-21-42-40(25-32)41-26-33(16-22-43(41)47-42)31-8-4-9-34(24-31)36-17-11-29-14-20-39-37(35-10-5-23-46-27-35)18-12-30-13-19-38(36)44(29)45(30)39/h1-27H. The van der Waals surface area contributed by atoms with E-state index >= 15 is 0 Å². The molecule has 218 valence electrons. The zero-order valence-electron chi connectivity index (χ0n) is 25.4. The van der Waals surface area contributed by atoms with Gasteiger partial charge in [-0.15, -0.1) is 0 Å². The zero-order valence-corrected chi connectivity index (χ0v) is 25.4. The molecule has 0 radical (unpaired) electrons. The van der Waals surface area contributed by atoms with Crippen LogP contribution in [0, 0.1) is 0 Å². The van der Waals surface area contributed by atoms with Gasteiger partial charge in [-0.1, -0.05) is 115 Å². The van der Waals surface area contributed by atoms with Crippen molar-refractivity contribution in [3.63, 3.8) is 0 Å². The number of aromatic nitrogens is 1. The van der Waals surface area contributed by atoms with Gasteiger partial charge in [0.05, 0.1) is 0 Å². The molecular formula is C45H27NO. The lowest BCUT2D eigenvalue weighted by atomic mass is 9.87. The first-order valence-corrected chi connectivity index (χ1v) is 16.0. The molecule has 2 aromatic heterocycles. The van der Waals surface area contributed by atoms with Crippen LogP contribution < -0.4 is 0 Å². The minimum atomic E-state index is 0.905. The van der Waals surface area contributed by atoms with Crippen LogP contribution in [0.25, 0.3) is 98.8 Å². The first-order chi connectivity index (χ1) is 23.3. The molecule has 0 unspecified atom stereocenters. The van der Waals surface area contributed by atoms with Gasteiger partial charge in [-0.25, -0.2) is 0 Å². The Labute approximate surface area is 271 Å². The average Bonchev–Trinajstić information content (AvgIpc) is 3.52. The quantitative estimate of drug-likeness (QED) is 0.189. The van der Waals surface area contributed by atoms with Gasteiger partial charge >= 0.3 is 0 Å². The Morgan fingerprint density at radius 1 is 0.362 bits per heavy atom. The molecule has 0 aliphatic rings. The van der Waals surface area contributed by atoms with E-state index < -0.39 is 0 Å². The predicted octanol–water partition coefficient (Wildman–Crippen LogP) is 12.5. The summed E-state index contributed by atoms with van der Waals surface area (Å²) in [5.41, 5.74) is 11.4. The van der Waals surface area contributed by atoms with Crippen LogP contribution in [0.2, 0.25) is 0 Å². The lowest BCUT2D eigenvalue weighted by Gasteiger charge is -2.16. The van der Waals surface area contributed by atoms with Gasteiger partial charge in [0.25, 0.3) is 0 Å². The van der Waals surface area contributed by atoms with Crippen molar-refractivity contribution in [3.05, 3.63) is 164 Å². The van der Waals surface area contributed by atoms with E-state index in [4.69, 9.17) is 4.42 Å². The molecule has 0 fully saturated rings. The highest BCUT2D eigenvalue weighted by molar-refractivity contribution is 6.27. The third-order valence-electron chi connectivity index (χ3n) is 9.72. The van der Waals surface area contributed by atoms with Crippen LogP contribution in [-0.2, 0) is 0 Å². The van der Waals surface area contributed by atoms with E-state index in [1.54, 1.807) is 0 Å². The molecule has 2 heteroatoms. The first kappa shape index (κ1) is 26.0. The topological polar surface area (TPSA) is 26.0 Å². The average molecular weight is 598 g/mol. The molecule has 0 saturated heterocycles. The number of hydrogen-bond donors (Lipinski definition) is 0. The highest BCUT2D eigenvalue weighted by atomic mass is 16.3. The molecule has 8 aromatic carbocycles. The Balaban J connectivity index is 1.12. The van der Waals surface area contributed by atoms with E-state index in [1.807, 2.05) is 18.5 Å². The highest BCUT2D eigenvalue weighted by Gasteiger charge is 2.16. The lowest BCUT2D eigenvalue weighted by Crippen LogP contribution is -1.90. The van der Waals surface area contributed by atoms with E-state index in [9.17, 15) is 0 Å². The maximum atomic E-state index is 6.26. The Morgan fingerprint density at radius 3 is 1.57 bits per heavy atom. The fourth-order valence-electron chi connectivity index (χ4n) is 7.46. The lowest BCUT2D eigenvalue weighted by molar-refractivity contribution is 0.669. The van der Waals surface area contributed by atoms with Crippen molar-refractivity contribution < 1.29 is 4.42 Å². The fourth-order valence-corrected chi connectivity index (χ4v) is 7.46. The second-order valence-corrected chi connectivity index (χ2v) is 12.4. The number of nitrogens with zero attached hydrogens (tertiary/aromatic N) is 1. The molecule has 0 bridgehead atoms. The Hall–Kier alpha value is -6.25. The molecule has 47 heavy (non-hydrogen) atoms. The summed E-state index contributed by atoms with van der Waals surface area (Å²) < 4.78 is 6.26. The number of furan rings is 1. The number of rotatable bonds is 4. The molecule has 0 saturated carbocycles. The van der Waals surface area contributed by atoms with Gasteiger partial charge in [0, 0.05) is 28.7 Å². The Kier molecular flexibility index (Phi) is 5.61. The van der Waals surface area contributed by atoms with Crippen molar-refractivity contribution in [3.8, 4) is 44.5 Å². The van der Waals surface area contributed by atoms with Gasteiger partial charge in [0.2, 0.25) is 0 Å². The van der Waals surface area contributed by atoms with E-state index in [0.717, 1.165) is 27.5 Å². The number of fused-ring (bicyclic) bond motifs is 3. The summed E-state index contributed by atoms with van der Waals surface area (Å²) in [6, 6.07) is 54.8. The molecule has 0 spiro atoms. The van der Waals surface area contributed by atoms with E-state index in [2.05, 4.69) is 151 Å². The summed E-state index contributed by atoms with van der Waals surface area (Å²) in [5.74, 6) is 0. The van der Waals surface area contributed by atoms with Gasteiger partial charge in [0.1, 0.15) is 11.2 Å². The minimum Gasteiger partial charge on any atom is -0.456 e. The maximum Gasteiger partial charge on any atom is 0.135 e. The summed E-state index contributed by atoms with van der Waals surface area (Å²) >= 11 is 0.